The van der Waals surface area contributed by atoms with Crippen LogP contribution in [0.5, 0.6) is 17.2 Å². The van der Waals surface area contributed by atoms with E-state index in [-0.39, 0.29) is 23.5 Å². The van der Waals surface area contributed by atoms with E-state index in [2.05, 4.69) is 11.6 Å². The van der Waals surface area contributed by atoms with E-state index in [4.69, 9.17) is 14.2 Å². The van der Waals surface area contributed by atoms with Crippen LogP contribution in [-0.4, -0.2) is 36.5 Å². The van der Waals surface area contributed by atoms with Gasteiger partial charge < -0.3 is 19.3 Å². The van der Waals surface area contributed by atoms with Gasteiger partial charge in [0.05, 0.1) is 36.6 Å². The molecule has 4 rings (SSSR count). The minimum absolute atomic E-state index is 0.165. The molecule has 0 radical (unpaired) electrons. The molecule has 1 aliphatic heterocycles. The van der Waals surface area contributed by atoms with Crippen LogP contribution in [0.25, 0.3) is 6.08 Å². The number of fused-ring (bicyclic) bond motifs is 1. The topological polar surface area (TPSA) is 99.4 Å². The third-order valence-electron chi connectivity index (χ3n) is 6.01. The van der Waals surface area contributed by atoms with Crippen molar-refractivity contribution in [2.45, 2.75) is 26.3 Å². The second-order valence-electron chi connectivity index (χ2n) is 8.29. The minimum Gasteiger partial charge on any atom is -0.508 e. The Bertz CT molecular complexity index is 1580. The van der Waals surface area contributed by atoms with E-state index in [0.717, 1.165) is 5.56 Å². The van der Waals surface area contributed by atoms with Gasteiger partial charge in [-0.2, -0.15) is 0 Å². The van der Waals surface area contributed by atoms with Gasteiger partial charge in [0.15, 0.2) is 4.80 Å². The Morgan fingerprint density at radius 1 is 1.22 bits per heavy atom. The largest absolute Gasteiger partial charge is 0.508 e. The summed E-state index contributed by atoms with van der Waals surface area (Å²) < 4.78 is 18.3. The fraction of sp³-hybridized carbons (Fsp3) is 0.250. The average molecular weight is 521 g/mol. The molecule has 2 aromatic carbocycles. The Hall–Kier alpha value is -4.11. The number of allylic oxidation sites excluding steroid dienone is 2. The SMILES string of the molecule is C=CCc1cc(/C=c2/sc3n(c2=O)[C@@H](c2cc(OC)ccc2OC)C(C(=O)OCC)=C(C)N=3)ccc1O. The maximum Gasteiger partial charge on any atom is 0.338 e. The molecule has 0 bridgehead atoms. The van der Waals surface area contributed by atoms with E-state index >= 15 is 0 Å². The number of thiazole rings is 1. The van der Waals surface area contributed by atoms with Gasteiger partial charge in [0.2, 0.25) is 0 Å². The summed E-state index contributed by atoms with van der Waals surface area (Å²) >= 11 is 1.22. The average Bonchev–Trinajstić information content (AvgIpc) is 3.19. The number of hydrogen-bond donors (Lipinski definition) is 1. The number of ether oxygens (including phenoxy) is 3. The number of aromatic nitrogens is 1. The van der Waals surface area contributed by atoms with Gasteiger partial charge in [-0.1, -0.05) is 23.5 Å². The first-order chi connectivity index (χ1) is 17.8. The molecule has 37 heavy (non-hydrogen) atoms. The number of benzene rings is 2. The van der Waals surface area contributed by atoms with Crippen molar-refractivity contribution in [3.63, 3.8) is 0 Å². The molecule has 0 fully saturated rings. The van der Waals surface area contributed by atoms with Gasteiger partial charge in [0.1, 0.15) is 23.3 Å². The first-order valence-electron chi connectivity index (χ1n) is 11.7. The number of nitrogens with zero attached hydrogens (tertiary/aromatic N) is 2. The lowest BCUT2D eigenvalue weighted by Crippen LogP contribution is -2.40. The van der Waals surface area contributed by atoms with E-state index in [0.29, 0.717) is 44.1 Å². The molecule has 0 amide bonds. The van der Waals surface area contributed by atoms with Crippen LogP contribution in [-0.2, 0) is 16.0 Å². The number of carbonyl (C=O) groups is 1. The molecule has 1 aromatic heterocycles. The molecule has 0 unspecified atom stereocenters. The second kappa shape index (κ2) is 10.9. The first-order valence-corrected chi connectivity index (χ1v) is 12.5. The van der Waals surface area contributed by atoms with Gasteiger partial charge in [-0.3, -0.25) is 9.36 Å². The molecule has 8 nitrogen and oxygen atoms in total. The Morgan fingerprint density at radius 3 is 2.68 bits per heavy atom. The van der Waals surface area contributed by atoms with Crippen LogP contribution in [0.15, 0.2) is 70.1 Å². The molecule has 9 heteroatoms. The number of rotatable bonds is 8. The Kier molecular flexibility index (Phi) is 7.63. The summed E-state index contributed by atoms with van der Waals surface area (Å²) in [6.07, 6.45) is 3.94. The number of phenolic OH excluding ortho intramolecular Hbond substituents is 1. The molecular weight excluding hydrogens is 492 g/mol. The second-order valence-corrected chi connectivity index (χ2v) is 9.30. The summed E-state index contributed by atoms with van der Waals surface area (Å²) in [7, 11) is 3.07. The number of aromatic hydroxyl groups is 1. The number of hydrogen-bond acceptors (Lipinski definition) is 8. The summed E-state index contributed by atoms with van der Waals surface area (Å²) in [4.78, 5) is 32.0. The molecule has 1 aliphatic rings. The van der Waals surface area contributed by atoms with Crippen LogP contribution < -0.4 is 24.4 Å². The predicted molar refractivity (Wildman–Crippen MR) is 142 cm³/mol. The summed E-state index contributed by atoms with van der Waals surface area (Å²) in [6, 6.07) is 9.54. The molecule has 1 atom stereocenters. The lowest BCUT2D eigenvalue weighted by molar-refractivity contribution is -0.139. The van der Waals surface area contributed by atoms with Crippen molar-refractivity contribution in [1.29, 1.82) is 0 Å². The zero-order chi connectivity index (χ0) is 26.7. The van der Waals surface area contributed by atoms with Crippen LogP contribution in [0.3, 0.4) is 0 Å². The van der Waals surface area contributed by atoms with Crippen molar-refractivity contribution in [1.82, 2.24) is 4.57 Å². The van der Waals surface area contributed by atoms with E-state index in [1.807, 2.05) is 6.07 Å². The van der Waals surface area contributed by atoms with Crippen LogP contribution in [0.2, 0.25) is 0 Å². The maximum atomic E-state index is 13.8. The van der Waals surface area contributed by atoms with E-state index in [1.54, 1.807) is 63.4 Å². The number of phenols is 1. The highest BCUT2D eigenvalue weighted by atomic mass is 32.1. The summed E-state index contributed by atoms with van der Waals surface area (Å²) in [5.74, 6) is 0.651. The van der Waals surface area contributed by atoms with E-state index in [9.17, 15) is 14.7 Å². The third-order valence-corrected chi connectivity index (χ3v) is 7.00. The molecule has 1 N–H and O–H groups in total. The molecule has 0 spiro atoms. The van der Waals surface area contributed by atoms with Crippen molar-refractivity contribution in [3.8, 4) is 17.2 Å². The van der Waals surface area contributed by atoms with E-state index in [1.165, 1.54) is 23.0 Å². The highest BCUT2D eigenvalue weighted by Gasteiger charge is 2.35. The molecule has 192 valence electrons. The molecular formula is C28H28N2O6S. The predicted octanol–water partition coefficient (Wildman–Crippen LogP) is 3.25. The highest BCUT2D eigenvalue weighted by Crippen LogP contribution is 2.37. The zero-order valence-electron chi connectivity index (χ0n) is 21.1. The fourth-order valence-electron chi connectivity index (χ4n) is 4.30. The Labute approximate surface area is 218 Å². The lowest BCUT2D eigenvalue weighted by Gasteiger charge is -2.26. The Balaban J connectivity index is 1.99. The van der Waals surface area contributed by atoms with Crippen LogP contribution >= 0.6 is 11.3 Å². The van der Waals surface area contributed by atoms with Crippen molar-refractivity contribution in [2.75, 3.05) is 20.8 Å². The molecule has 0 aliphatic carbocycles. The van der Waals surface area contributed by atoms with Gasteiger partial charge in [-0.05, 0) is 67.8 Å². The van der Waals surface area contributed by atoms with Gasteiger partial charge >= 0.3 is 5.97 Å². The third kappa shape index (κ3) is 4.95. The van der Waals surface area contributed by atoms with Crippen LogP contribution in [0.1, 0.15) is 36.6 Å². The Morgan fingerprint density at radius 2 is 2.00 bits per heavy atom. The van der Waals surface area contributed by atoms with Gasteiger partial charge in [-0.15, -0.1) is 6.58 Å². The van der Waals surface area contributed by atoms with Crippen molar-refractivity contribution in [2.24, 2.45) is 4.99 Å². The summed E-state index contributed by atoms with van der Waals surface area (Å²) in [5.41, 5.74) is 2.42. The van der Waals surface area contributed by atoms with Crippen LogP contribution in [0.4, 0.5) is 0 Å². The van der Waals surface area contributed by atoms with Crippen molar-refractivity contribution in [3.05, 3.63) is 96.7 Å². The standard InChI is InChI=1S/C28H28N2O6S/c1-6-8-18-13-17(9-11-21(18)31)14-23-26(32)30-25(20-15-19(34-4)10-12-22(20)35-5)24(27(33)36-7-2)16(3)29-28(30)37-23/h6,9-15,25,31H,1,7-8H2,2-5H3/b23-14+/t25-/m0/s1. The number of methoxy groups -OCH3 is 2. The fourth-order valence-corrected chi connectivity index (χ4v) is 5.35. The highest BCUT2D eigenvalue weighted by molar-refractivity contribution is 7.07. The number of esters is 1. The summed E-state index contributed by atoms with van der Waals surface area (Å²) in [5, 5.41) is 10.1. The van der Waals surface area contributed by atoms with Gasteiger partial charge in [0, 0.05) is 5.56 Å². The van der Waals surface area contributed by atoms with Gasteiger partial charge in [0.25, 0.3) is 5.56 Å². The quantitative estimate of drug-likeness (QED) is 0.362. The first kappa shape index (κ1) is 26.0. The van der Waals surface area contributed by atoms with Crippen molar-refractivity contribution >= 4 is 23.4 Å². The van der Waals surface area contributed by atoms with E-state index < -0.39 is 12.0 Å². The molecule has 0 saturated heterocycles. The van der Waals surface area contributed by atoms with Crippen LogP contribution in [0, 0.1) is 0 Å². The zero-order valence-corrected chi connectivity index (χ0v) is 21.9. The maximum absolute atomic E-state index is 13.8. The smallest absolute Gasteiger partial charge is 0.338 e. The minimum atomic E-state index is -0.835. The molecule has 2 heterocycles. The van der Waals surface area contributed by atoms with Crippen molar-refractivity contribution < 1.29 is 24.1 Å². The molecule has 0 saturated carbocycles. The summed E-state index contributed by atoms with van der Waals surface area (Å²) in [6.45, 7) is 7.36. The lowest BCUT2D eigenvalue weighted by atomic mass is 9.94. The van der Waals surface area contributed by atoms with Gasteiger partial charge in [-0.25, -0.2) is 9.79 Å². The normalized spacial score (nSPS) is 15.1. The number of carbonyl (C=O) groups excluding carboxylic acids is 1. The monoisotopic (exact) mass is 520 g/mol. The molecule has 3 aromatic rings.